The van der Waals surface area contributed by atoms with Crippen molar-refractivity contribution in [2.45, 2.75) is 31.1 Å². The number of methoxy groups -OCH3 is 2. The molecule has 0 saturated heterocycles. The Morgan fingerprint density at radius 3 is 2.43 bits per heavy atom. The molecule has 2 rings (SSSR count). The van der Waals surface area contributed by atoms with Gasteiger partial charge in [0.1, 0.15) is 12.2 Å². The van der Waals surface area contributed by atoms with Crippen LogP contribution in [0.3, 0.4) is 0 Å². The molecule has 1 saturated carbocycles. The van der Waals surface area contributed by atoms with Crippen molar-refractivity contribution in [1.82, 2.24) is 10.2 Å². The first-order chi connectivity index (χ1) is 13.2. The Labute approximate surface area is 162 Å². The Morgan fingerprint density at radius 1 is 1.25 bits per heavy atom. The van der Waals surface area contributed by atoms with Gasteiger partial charge < -0.3 is 19.7 Å². The van der Waals surface area contributed by atoms with Crippen molar-refractivity contribution in [3.63, 3.8) is 0 Å². The van der Waals surface area contributed by atoms with E-state index in [1.807, 2.05) is 0 Å². The average molecular weight is 420 g/mol. The van der Waals surface area contributed by atoms with Crippen molar-refractivity contribution in [3.05, 3.63) is 12.2 Å². The van der Waals surface area contributed by atoms with E-state index in [2.05, 4.69) is 9.84 Å². The van der Waals surface area contributed by atoms with Crippen molar-refractivity contribution in [2.24, 2.45) is 5.92 Å². The normalized spacial score (nSPS) is 29.4. The van der Waals surface area contributed by atoms with E-state index in [0.29, 0.717) is 6.42 Å². The highest BCUT2D eigenvalue weighted by molar-refractivity contribution is 7.47. The van der Waals surface area contributed by atoms with Gasteiger partial charge in [-0.15, -0.1) is 0 Å². The maximum atomic E-state index is 12.3. The first kappa shape index (κ1) is 22.7. The Kier molecular flexibility index (Phi) is 7.87. The summed E-state index contributed by atoms with van der Waals surface area (Å²) in [5, 5.41) is 2.77. The summed E-state index contributed by atoms with van der Waals surface area (Å²) in [6.07, 6.45) is 1.06. The van der Waals surface area contributed by atoms with Gasteiger partial charge in [-0.2, -0.15) is 0 Å². The van der Waals surface area contributed by atoms with E-state index in [1.165, 1.54) is 14.2 Å². The van der Waals surface area contributed by atoms with Crippen LogP contribution in [0.5, 0.6) is 0 Å². The molecule has 0 aromatic heterocycles. The summed E-state index contributed by atoms with van der Waals surface area (Å²) in [4.78, 5) is 46.0. The summed E-state index contributed by atoms with van der Waals surface area (Å²) in [7, 11) is -0.335. The topological polar surface area (TPSA) is 141 Å². The SMILES string of the molecule is COC[C@H]1C[C@@H](NC(=O)CCN2C(=O)C=CC2=O)[C@@H](OC)C1OP(=O)(O)OC. The monoisotopic (exact) mass is 420 g/mol. The number of phosphoric ester groups is 1. The molecule has 2 unspecified atom stereocenters. The number of ether oxygens (including phenoxy) is 2. The number of amides is 3. The molecule has 158 valence electrons. The van der Waals surface area contributed by atoms with Crippen LogP contribution in [0.4, 0.5) is 0 Å². The summed E-state index contributed by atoms with van der Waals surface area (Å²) in [6, 6.07) is -0.511. The van der Waals surface area contributed by atoms with Gasteiger partial charge in [-0.05, 0) is 6.42 Å². The van der Waals surface area contributed by atoms with Crippen molar-refractivity contribution in [3.8, 4) is 0 Å². The minimum absolute atomic E-state index is 0.0438. The van der Waals surface area contributed by atoms with E-state index in [1.54, 1.807) is 0 Å². The summed E-state index contributed by atoms with van der Waals surface area (Å²) < 4.78 is 32.1. The predicted molar refractivity (Wildman–Crippen MR) is 94.9 cm³/mol. The molecule has 11 nitrogen and oxygen atoms in total. The fourth-order valence-electron chi connectivity index (χ4n) is 3.39. The van der Waals surface area contributed by atoms with Crippen LogP contribution in [0.2, 0.25) is 0 Å². The lowest BCUT2D eigenvalue weighted by Crippen LogP contribution is -2.45. The molecule has 2 aliphatic rings. The molecule has 0 bridgehead atoms. The number of rotatable bonds is 10. The minimum Gasteiger partial charge on any atom is -0.384 e. The molecule has 1 aliphatic heterocycles. The van der Waals surface area contributed by atoms with Crippen LogP contribution >= 0.6 is 7.82 Å². The quantitative estimate of drug-likeness (QED) is 0.357. The van der Waals surface area contributed by atoms with E-state index < -0.39 is 43.8 Å². The van der Waals surface area contributed by atoms with Crippen molar-refractivity contribution in [1.29, 1.82) is 0 Å². The fourth-order valence-corrected chi connectivity index (χ4v) is 4.08. The number of imide groups is 1. The van der Waals surface area contributed by atoms with Crippen LogP contribution in [-0.2, 0) is 37.5 Å². The standard InChI is InChI=1S/C16H25N2O9P/c1-24-9-10-8-11(16(25-2)15(10)27-28(22,23)26-3)17-12(19)6-7-18-13(20)4-5-14(18)21/h4-5,10-11,15-16H,6-9H2,1-3H3,(H,17,19)(H,22,23)/t10-,11-,15?,16-/m1/s1. The Hall–Kier alpha value is -1.62. The minimum atomic E-state index is -4.27. The lowest BCUT2D eigenvalue weighted by atomic mass is 10.1. The van der Waals surface area contributed by atoms with Gasteiger partial charge in [0.05, 0.1) is 12.6 Å². The second-order valence-electron chi connectivity index (χ2n) is 6.46. The number of nitrogens with zero attached hydrogens (tertiary/aromatic N) is 1. The van der Waals surface area contributed by atoms with Crippen LogP contribution in [-0.4, -0.2) is 80.2 Å². The summed E-state index contributed by atoms with van der Waals surface area (Å²) in [6.45, 7) is 0.181. The summed E-state index contributed by atoms with van der Waals surface area (Å²) in [5.74, 6) is -1.63. The number of carbonyl (C=O) groups excluding carboxylic acids is 3. The van der Waals surface area contributed by atoms with E-state index in [4.69, 9.17) is 14.0 Å². The van der Waals surface area contributed by atoms with Gasteiger partial charge >= 0.3 is 7.82 Å². The maximum Gasteiger partial charge on any atom is 0.472 e. The van der Waals surface area contributed by atoms with Gasteiger partial charge in [0.2, 0.25) is 5.91 Å². The molecule has 0 spiro atoms. The Bertz CT molecular complexity index is 665. The number of hydrogen-bond acceptors (Lipinski definition) is 8. The zero-order valence-electron chi connectivity index (χ0n) is 15.9. The third-order valence-corrected chi connectivity index (χ3v) is 5.66. The third-order valence-electron chi connectivity index (χ3n) is 4.69. The van der Waals surface area contributed by atoms with Crippen molar-refractivity contribution in [2.75, 3.05) is 34.5 Å². The van der Waals surface area contributed by atoms with Gasteiger partial charge in [0.15, 0.2) is 0 Å². The highest BCUT2D eigenvalue weighted by Gasteiger charge is 2.48. The molecule has 1 heterocycles. The van der Waals surface area contributed by atoms with Crippen LogP contribution in [0, 0.1) is 5.92 Å². The van der Waals surface area contributed by atoms with Crippen LogP contribution in [0.25, 0.3) is 0 Å². The predicted octanol–water partition coefficient (Wildman–Crippen LogP) is -0.400. The first-order valence-corrected chi connectivity index (χ1v) is 10.1. The molecule has 0 aromatic carbocycles. The molecule has 2 N–H and O–H groups in total. The Morgan fingerprint density at radius 2 is 1.89 bits per heavy atom. The first-order valence-electron chi connectivity index (χ1n) is 8.64. The maximum absolute atomic E-state index is 12.3. The molecule has 0 aromatic rings. The molecular weight excluding hydrogens is 395 g/mol. The van der Waals surface area contributed by atoms with E-state index in [-0.39, 0.29) is 25.5 Å². The molecular formula is C16H25N2O9P. The fraction of sp³-hybridized carbons (Fsp3) is 0.688. The summed E-state index contributed by atoms with van der Waals surface area (Å²) in [5.41, 5.74) is 0. The number of phosphoric acid groups is 1. The molecule has 28 heavy (non-hydrogen) atoms. The largest absolute Gasteiger partial charge is 0.472 e. The van der Waals surface area contributed by atoms with Gasteiger partial charge in [-0.3, -0.25) is 28.3 Å². The lowest BCUT2D eigenvalue weighted by molar-refractivity contribution is -0.137. The zero-order valence-corrected chi connectivity index (χ0v) is 16.8. The zero-order chi connectivity index (χ0) is 20.9. The van der Waals surface area contributed by atoms with Gasteiger partial charge in [-0.25, -0.2) is 4.57 Å². The van der Waals surface area contributed by atoms with E-state index in [0.717, 1.165) is 24.2 Å². The Balaban J connectivity index is 1.99. The van der Waals surface area contributed by atoms with E-state index >= 15 is 0 Å². The number of hydrogen-bond donors (Lipinski definition) is 2. The lowest BCUT2D eigenvalue weighted by Gasteiger charge is -2.27. The molecule has 12 heteroatoms. The summed E-state index contributed by atoms with van der Waals surface area (Å²) >= 11 is 0. The van der Waals surface area contributed by atoms with Gasteiger partial charge in [-0.1, -0.05) is 0 Å². The second kappa shape index (κ2) is 9.73. The van der Waals surface area contributed by atoms with Crippen LogP contribution < -0.4 is 5.32 Å². The van der Waals surface area contributed by atoms with Crippen molar-refractivity contribution >= 4 is 25.5 Å². The molecule has 0 radical (unpaired) electrons. The molecule has 1 fully saturated rings. The van der Waals surface area contributed by atoms with Gasteiger partial charge in [0, 0.05) is 52.4 Å². The average Bonchev–Trinajstić information content (AvgIpc) is 3.12. The number of carbonyl (C=O) groups is 3. The smallest absolute Gasteiger partial charge is 0.384 e. The van der Waals surface area contributed by atoms with Crippen LogP contribution in [0.1, 0.15) is 12.8 Å². The van der Waals surface area contributed by atoms with E-state index in [9.17, 15) is 23.8 Å². The molecule has 1 aliphatic carbocycles. The second-order valence-corrected chi connectivity index (χ2v) is 7.97. The van der Waals surface area contributed by atoms with Crippen LogP contribution in [0.15, 0.2) is 12.2 Å². The van der Waals surface area contributed by atoms with Gasteiger partial charge in [0.25, 0.3) is 11.8 Å². The highest BCUT2D eigenvalue weighted by Crippen LogP contribution is 2.48. The molecule has 5 atom stereocenters. The third kappa shape index (κ3) is 5.47. The van der Waals surface area contributed by atoms with Crippen molar-refractivity contribution < 1.29 is 42.4 Å². The number of nitrogens with one attached hydrogen (secondary N) is 1. The molecule has 3 amide bonds. The highest BCUT2D eigenvalue weighted by atomic mass is 31.2.